The Bertz CT molecular complexity index is 1100. The quantitative estimate of drug-likeness (QED) is 0.659. The topological polar surface area (TPSA) is 66.8 Å². The number of aromatic nitrogens is 4. The Morgan fingerprint density at radius 1 is 1.14 bits per heavy atom. The number of fused-ring (bicyclic) bond motifs is 1. The number of nitrogens with zero attached hydrogens (tertiary/aromatic N) is 4. The summed E-state index contributed by atoms with van der Waals surface area (Å²) < 4.78 is 66.5. The van der Waals surface area contributed by atoms with Crippen molar-refractivity contribution < 1.29 is 22.0 Å². The molecule has 0 saturated carbocycles. The van der Waals surface area contributed by atoms with Gasteiger partial charge in [0.05, 0.1) is 11.6 Å². The van der Waals surface area contributed by atoms with Crippen LogP contribution in [0.5, 0.6) is 0 Å². The first-order valence-electron chi connectivity index (χ1n) is 8.89. The highest BCUT2D eigenvalue weighted by Gasteiger charge is 2.31. The molecule has 4 rings (SSSR count). The molecule has 29 heavy (non-hydrogen) atoms. The number of rotatable bonds is 4. The Morgan fingerprint density at radius 3 is 2.31 bits per heavy atom. The van der Waals surface area contributed by atoms with E-state index in [4.69, 9.17) is 0 Å². The molecule has 3 aromatic rings. The normalized spacial score (nSPS) is 15.8. The van der Waals surface area contributed by atoms with Crippen LogP contribution in [-0.2, 0) is 6.18 Å². The third kappa shape index (κ3) is 3.34. The number of anilines is 1. The fraction of sp³-hybridized carbons (Fsp3) is 0.389. The van der Waals surface area contributed by atoms with E-state index in [0.717, 1.165) is 23.2 Å². The molecule has 1 fully saturated rings. The molecule has 0 unspecified atom stereocenters. The van der Waals surface area contributed by atoms with Crippen LogP contribution in [0.1, 0.15) is 42.6 Å². The third-order valence-corrected chi connectivity index (χ3v) is 5.03. The molecule has 1 saturated heterocycles. The summed E-state index contributed by atoms with van der Waals surface area (Å²) in [4.78, 5) is 21.1. The van der Waals surface area contributed by atoms with Crippen molar-refractivity contribution in [3.05, 3.63) is 51.4 Å². The highest BCUT2D eigenvalue weighted by molar-refractivity contribution is 5.79. The molecule has 6 nitrogen and oxygen atoms in total. The summed E-state index contributed by atoms with van der Waals surface area (Å²) in [5.41, 5.74) is -1.86. The van der Waals surface area contributed by atoms with Crippen molar-refractivity contribution in [3.63, 3.8) is 0 Å². The summed E-state index contributed by atoms with van der Waals surface area (Å²) >= 11 is 0. The first kappa shape index (κ1) is 19.3. The first-order chi connectivity index (χ1) is 13.7. The van der Waals surface area contributed by atoms with E-state index in [2.05, 4.69) is 15.1 Å². The largest absolute Gasteiger partial charge is 0.416 e. The van der Waals surface area contributed by atoms with Crippen molar-refractivity contribution in [2.75, 3.05) is 18.0 Å². The maximum atomic E-state index is 13.5. The van der Waals surface area contributed by atoms with Gasteiger partial charge in [0.1, 0.15) is 11.1 Å². The maximum absolute atomic E-state index is 13.5. The molecule has 0 spiro atoms. The first-order valence-corrected chi connectivity index (χ1v) is 8.89. The van der Waals surface area contributed by atoms with Crippen LogP contribution in [0.4, 0.5) is 27.9 Å². The van der Waals surface area contributed by atoms with Gasteiger partial charge in [-0.25, -0.2) is 13.5 Å². The van der Waals surface area contributed by atoms with Crippen LogP contribution in [0.25, 0.3) is 11.0 Å². The van der Waals surface area contributed by atoms with E-state index in [1.54, 1.807) is 11.8 Å². The van der Waals surface area contributed by atoms with Crippen LogP contribution in [0, 0.1) is 0 Å². The number of nitrogens with one attached hydrogen (secondary N) is 1. The van der Waals surface area contributed by atoms with E-state index >= 15 is 0 Å². The number of aromatic amines is 1. The average Bonchev–Trinajstić information content (AvgIpc) is 2.99. The highest BCUT2D eigenvalue weighted by atomic mass is 19.4. The van der Waals surface area contributed by atoms with Crippen LogP contribution in [0.2, 0.25) is 0 Å². The lowest BCUT2D eigenvalue weighted by atomic mass is 10.1. The standard InChI is InChI=1S/C18H16F5N5O/c1-9(10-3-5-11(6-4-10)18(21,22)23)28-15-12(13(26-28)14(19)20)16(29)25-17(24-15)27-7-2-8-27/h3-6,9,14H,2,7-8H2,1H3,(H,24,25,29)/t9-/m0/s1. The molecule has 1 N–H and O–H groups in total. The number of halogens is 5. The van der Waals surface area contributed by atoms with Gasteiger partial charge in [-0.05, 0) is 31.0 Å². The van der Waals surface area contributed by atoms with Crippen LogP contribution < -0.4 is 10.5 Å². The Labute approximate surface area is 161 Å². The van der Waals surface area contributed by atoms with E-state index in [9.17, 15) is 26.7 Å². The Hall–Kier alpha value is -2.98. The predicted molar refractivity (Wildman–Crippen MR) is 95.2 cm³/mol. The molecule has 2 aromatic heterocycles. The lowest BCUT2D eigenvalue weighted by molar-refractivity contribution is -0.137. The Morgan fingerprint density at radius 2 is 1.79 bits per heavy atom. The van der Waals surface area contributed by atoms with Crippen LogP contribution in [-0.4, -0.2) is 32.8 Å². The van der Waals surface area contributed by atoms with Crippen molar-refractivity contribution in [2.24, 2.45) is 0 Å². The molecule has 0 radical (unpaired) electrons. The van der Waals surface area contributed by atoms with Gasteiger partial charge in [0.15, 0.2) is 5.65 Å². The number of hydrogen-bond acceptors (Lipinski definition) is 4. The number of benzene rings is 1. The summed E-state index contributed by atoms with van der Waals surface area (Å²) in [6, 6.07) is 3.62. The summed E-state index contributed by atoms with van der Waals surface area (Å²) in [7, 11) is 0. The van der Waals surface area contributed by atoms with Gasteiger partial charge >= 0.3 is 6.18 Å². The van der Waals surface area contributed by atoms with Crippen LogP contribution in [0.3, 0.4) is 0 Å². The molecule has 154 valence electrons. The van der Waals surface area contributed by atoms with Gasteiger partial charge in [-0.15, -0.1) is 0 Å². The lowest BCUT2D eigenvalue weighted by Gasteiger charge is -2.31. The van der Waals surface area contributed by atoms with Crippen LogP contribution >= 0.6 is 0 Å². The second-order valence-electron chi connectivity index (χ2n) is 6.85. The lowest BCUT2D eigenvalue weighted by Crippen LogP contribution is -2.39. The van der Waals surface area contributed by atoms with Gasteiger partial charge in [0.2, 0.25) is 5.95 Å². The van der Waals surface area contributed by atoms with E-state index < -0.39 is 35.5 Å². The minimum absolute atomic E-state index is 0.0293. The Balaban J connectivity index is 1.83. The van der Waals surface area contributed by atoms with Gasteiger partial charge in [0.25, 0.3) is 12.0 Å². The second kappa shape index (κ2) is 6.82. The smallest absolute Gasteiger partial charge is 0.342 e. The molecule has 0 amide bonds. The molecule has 1 atom stereocenters. The SMILES string of the molecule is C[C@@H](c1ccc(C(F)(F)F)cc1)n1nc(C(F)F)c2c(=O)[nH]c(N3CCC3)nc21. The average molecular weight is 413 g/mol. The fourth-order valence-corrected chi connectivity index (χ4v) is 3.25. The third-order valence-electron chi connectivity index (χ3n) is 5.03. The van der Waals surface area contributed by atoms with Gasteiger partial charge in [-0.2, -0.15) is 23.3 Å². The summed E-state index contributed by atoms with van der Waals surface area (Å²) in [5.74, 6) is 0.260. The van der Waals surface area contributed by atoms with E-state index in [1.807, 2.05) is 0 Å². The van der Waals surface area contributed by atoms with E-state index in [1.165, 1.54) is 12.1 Å². The zero-order valence-electron chi connectivity index (χ0n) is 15.2. The van der Waals surface area contributed by atoms with Gasteiger partial charge in [-0.1, -0.05) is 12.1 Å². The molecule has 1 aliphatic heterocycles. The van der Waals surface area contributed by atoms with Crippen molar-refractivity contribution >= 4 is 17.0 Å². The zero-order valence-corrected chi connectivity index (χ0v) is 15.2. The minimum atomic E-state index is -4.48. The molecular weight excluding hydrogens is 397 g/mol. The van der Waals surface area contributed by atoms with Gasteiger partial charge < -0.3 is 4.90 Å². The second-order valence-corrected chi connectivity index (χ2v) is 6.85. The van der Waals surface area contributed by atoms with Crippen molar-refractivity contribution in [1.82, 2.24) is 19.7 Å². The molecule has 1 aromatic carbocycles. The van der Waals surface area contributed by atoms with E-state index in [-0.39, 0.29) is 17.0 Å². The Kier molecular flexibility index (Phi) is 4.55. The van der Waals surface area contributed by atoms with E-state index in [0.29, 0.717) is 18.7 Å². The highest BCUT2D eigenvalue weighted by Crippen LogP contribution is 2.32. The van der Waals surface area contributed by atoms with Gasteiger partial charge in [0, 0.05) is 13.1 Å². The fourth-order valence-electron chi connectivity index (χ4n) is 3.25. The molecule has 3 heterocycles. The zero-order chi connectivity index (χ0) is 20.9. The molecule has 0 aliphatic carbocycles. The van der Waals surface area contributed by atoms with Gasteiger partial charge in [-0.3, -0.25) is 9.78 Å². The molecule has 1 aliphatic rings. The maximum Gasteiger partial charge on any atom is 0.416 e. The predicted octanol–water partition coefficient (Wildman–Crippen LogP) is 3.90. The number of alkyl halides is 5. The summed E-state index contributed by atoms with van der Waals surface area (Å²) in [6.45, 7) is 2.95. The number of hydrogen-bond donors (Lipinski definition) is 1. The number of H-pyrrole nitrogens is 1. The monoisotopic (exact) mass is 413 g/mol. The molecule has 0 bridgehead atoms. The van der Waals surface area contributed by atoms with Crippen molar-refractivity contribution in [1.29, 1.82) is 0 Å². The van der Waals surface area contributed by atoms with Crippen LogP contribution in [0.15, 0.2) is 29.1 Å². The van der Waals surface area contributed by atoms with Crippen molar-refractivity contribution in [2.45, 2.75) is 32.0 Å². The minimum Gasteiger partial charge on any atom is -0.342 e. The molecule has 11 heteroatoms. The molecular formula is C18H16F5N5O. The van der Waals surface area contributed by atoms with Crippen molar-refractivity contribution in [3.8, 4) is 0 Å². The summed E-state index contributed by atoms with van der Waals surface area (Å²) in [6.07, 6.45) is -6.56. The summed E-state index contributed by atoms with van der Waals surface area (Å²) in [5, 5.41) is 3.57.